The molecule has 0 saturated heterocycles. The molecule has 0 amide bonds. The van der Waals surface area contributed by atoms with Gasteiger partial charge < -0.3 is 4.79 Å². The minimum Gasteiger partial charge on any atom is -0.303 e. The van der Waals surface area contributed by atoms with Crippen LogP contribution in [0.15, 0.2) is 0 Å². The maximum Gasteiger partial charge on any atom is 0.136 e. The number of aldehydes is 1. The van der Waals surface area contributed by atoms with E-state index in [-0.39, 0.29) is 17.6 Å². The van der Waals surface area contributed by atoms with Gasteiger partial charge >= 0.3 is 0 Å². The quantitative estimate of drug-likeness (QED) is 0.589. The lowest BCUT2D eigenvalue weighted by atomic mass is 9.76. The average molecular weight is 168 g/mol. The van der Waals surface area contributed by atoms with Crippen LogP contribution in [0.2, 0.25) is 0 Å². The molecule has 0 aromatic rings. The van der Waals surface area contributed by atoms with Crippen molar-refractivity contribution in [3.8, 4) is 0 Å². The van der Waals surface area contributed by atoms with E-state index in [1.807, 2.05) is 0 Å². The number of carbonyl (C=O) groups is 2. The van der Waals surface area contributed by atoms with Crippen molar-refractivity contribution >= 4 is 12.1 Å². The van der Waals surface area contributed by atoms with Crippen molar-refractivity contribution < 1.29 is 9.59 Å². The number of ketones is 1. The first kappa shape index (κ1) is 9.43. The Morgan fingerprint density at radius 1 is 1.42 bits per heavy atom. The van der Waals surface area contributed by atoms with E-state index in [1.165, 1.54) is 0 Å². The fourth-order valence-electron chi connectivity index (χ4n) is 1.89. The molecule has 0 N–H and O–H groups in total. The topological polar surface area (TPSA) is 34.1 Å². The van der Waals surface area contributed by atoms with Gasteiger partial charge in [-0.2, -0.15) is 0 Å². The SMILES string of the molecule is CC(C)C1CCC(C=O)CC1=O. The molecule has 1 saturated carbocycles. The molecule has 2 heteroatoms. The largest absolute Gasteiger partial charge is 0.303 e. The van der Waals surface area contributed by atoms with E-state index in [9.17, 15) is 9.59 Å². The summed E-state index contributed by atoms with van der Waals surface area (Å²) < 4.78 is 0. The van der Waals surface area contributed by atoms with E-state index >= 15 is 0 Å². The van der Waals surface area contributed by atoms with E-state index in [2.05, 4.69) is 13.8 Å². The molecule has 0 spiro atoms. The Kier molecular flexibility index (Phi) is 3.01. The van der Waals surface area contributed by atoms with Crippen LogP contribution in [-0.4, -0.2) is 12.1 Å². The molecule has 2 atom stereocenters. The summed E-state index contributed by atoms with van der Waals surface area (Å²) in [5, 5.41) is 0. The fraction of sp³-hybridized carbons (Fsp3) is 0.800. The van der Waals surface area contributed by atoms with E-state index in [0.29, 0.717) is 12.3 Å². The first-order chi connectivity index (χ1) is 5.65. The minimum absolute atomic E-state index is 0.00694. The van der Waals surface area contributed by atoms with Gasteiger partial charge in [-0.15, -0.1) is 0 Å². The van der Waals surface area contributed by atoms with Crippen molar-refractivity contribution in [2.75, 3.05) is 0 Å². The van der Waals surface area contributed by atoms with Gasteiger partial charge in [0.05, 0.1) is 0 Å². The minimum atomic E-state index is 0.00694. The van der Waals surface area contributed by atoms with E-state index in [4.69, 9.17) is 0 Å². The zero-order valence-electron chi connectivity index (χ0n) is 7.75. The highest BCUT2D eigenvalue weighted by molar-refractivity contribution is 5.84. The van der Waals surface area contributed by atoms with Gasteiger partial charge in [-0.25, -0.2) is 0 Å². The molecule has 2 nitrogen and oxygen atoms in total. The van der Waals surface area contributed by atoms with Crippen LogP contribution in [0.25, 0.3) is 0 Å². The van der Waals surface area contributed by atoms with Crippen molar-refractivity contribution in [1.29, 1.82) is 0 Å². The molecule has 0 aromatic carbocycles. The first-order valence-electron chi connectivity index (χ1n) is 4.63. The van der Waals surface area contributed by atoms with Gasteiger partial charge in [-0.1, -0.05) is 13.8 Å². The lowest BCUT2D eigenvalue weighted by Crippen LogP contribution is -2.28. The Morgan fingerprint density at radius 2 is 2.08 bits per heavy atom. The summed E-state index contributed by atoms with van der Waals surface area (Å²) in [7, 11) is 0. The summed E-state index contributed by atoms with van der Waals surface area (Å²) in [6.45, 7) is 4.15. The monoisotopic (exact) mass is 168 g/mol. The van der Waals surface area contributed by atoms with Gasteiger partial charge in [0.25, 0.3) is 0 Å². The molecule has 12 heavy (non-hydrogen) atoms. The van der Waals surface area contributed by atoms with Gasteiger partial charge in [0, 0.05) is 18.3 Å². The van der Waals surface area contributed by atoms with E-state index < -0.39 is 0 Å². The van der Waals surface area contributed by atoms with Gasteiger partial charge in [0.2, 0.25) is 0 Å². The second-order valence-corrected chi connectivity index (χ2v) is 3.99. The van der Waals surface area contributed by atoms with Crippen LogP contribution in [0.1, 0.15) is 33.1 Å². The Bertz CT molecular complexity index is 184. The summed E-state index contributed by atoms with van der Waals surface area (Å²) in [6.07, 6.45) is 3.21. The molecule has 1 rings (SSSR count). The van der Waals surface area contributed by atoms with Crippen molar-refractivity contribution in [3.63, 3.8) is 0 Å². The maximum absolute atomic E-state index is 11.4. The third-order valence-electron chi connectivity index (χ3n) is 2.72. The second kappa shape index (κ2) is 3.83. The Hall–Kier alpha value is -0.660. The van der Waals surface area contributed by atoms with Crippen LogP contribution in [0.5, 0.6) is 0 Å². The molecular weight excluding hydrogens is 152 g/mol. The molecule has 0 bridgehead atoms. The molecule has 1 aliphatic rings. The third kappa shape index (κ3) is 1.93. The van der Waals surface area contributed by atoms with Crippen molar-refractivity contribution in [3.05, 3.63) is 0 Å². The Balaban J connectivity index is 2.53. The van der Waals surface area contributed by atoms with Crippen molar-refractivity contribution in [1.82, 2.24) is 0 Å². The highest BCUT2D eigenvalue weighted by atomic mass is 16.1. The predicted octanol–water partition coefficient (Wildman–Crippen LogP) is 1.83. The molecule has 68 valence electrons. The zero-order valence-corrected chi connectivity index (χ0v) is 7.75. The summed E-state index contributed by atoms with van der Waals surface area (Å²) in [5.41, 5.74) is 0. The number of Topliss-reactive ketones (excluding diaryl/α,β-unsaturated/α-hetero) is 1. The second-order valence-electron chi connectivity index (χ2n) is 3.99. The standard InChI is InChI=1S/C10H16O2/c1-7(2)9-4-3-8(6-11)5-10(9)12/h6-9H,3-5H2,1-2H3. The van der Waals surface area contributed by atoms with Gasteiger partial charge in [0.15, 0.2) is 0 Å². The summed E-state index contributed by atoms with van der Waals surface area (Å²) in [4.78, 5) is 21.9. The summed E-state index contributed by atoms with van der Waals surface area (Å²) >= 11 is 0. The zero-order chi connectivity index (χ0) is 9.14. The molecule has 0 aromatic heterocycles. The Morgan fingerprint density at radius 3 is 2.50 bits per heavy atom. The van der Waals surface area contributed by atoms with Crippen LogP contribution in [0.3, 0.4) is 0 Å². The van der Waals surface area contributed by atoms with E-state index in [1.54, 1.807) is 0 Å². The Labute approximate surface area is 73.3 Å². The molecule has 0 aliphatic heterocycles. The van der Waals surface area contributed by atoms with Gasteiger partial charge in [0.1, 0.15) is 12.1 Å². The first-order valence-corrected chi connectivity index (χ1v) is 4.63. The number of rotatable bonds is 2. The summed E-state index contributed by atoms with van der Waals surface area (Å²) in [6, 6.07) is 0. The highest BCUT2D eigenvalue weighted by Gasteiger charge is 2.29. The van der Waals surface area contributed by atoms with Crippen molar-refractivity contribution in [2.45, 2.75) is 33.1 Å². The number of hydrogen-bond acceptors (Lipinski definition) is 2. The average Bonchev–Trinajstić information content (AvgIpc) is 2.03. The fourth-order valence-corrected chi connectivity index (χ4v) is 1.89. The maximum atomic E-state index is 11.4. The lowest BCUT2D eigenvalue weighted by Gasteiger charge is -2.26. The van der Waals surface area contributed by atoms with Gasteiger partial charge in [-0.05, 0) is 18.8 Å². The molecule has 2 unspecified atom stereocenters. The molecular formula is C10H16O2. The molecule has 0 heterocycles. The number of carbonyl (C=O) groups excluding carboxylic acids is 2. The van der Waals surface area contributed by atoms with Crippen LogP contribution in [0.4, 0.5) is 0 Å². The molecule has 1 aliphatic carbocycles. The predicted molar refractivity (Wildman–Crippen MR) is 46.7 cm³/mol. The normalized spacial score (nSPS) is 30.8. The van der Waals surface area contributed by atoms with Crippen LogP contribution < -0.4 is 0 Å². The molecule has 0 radical (unpaired) electrons. The lowest BCUT2D eigenvalue weighted by molar-refractivity contribution is -0.130. The van der Waals surface area contributed by atoms with Crippen LogP contribution in [0, 0.1) is 17.8 Å². The third-order valence-corrected chi connectivity index (χ3v) is 2.72. The van der Waals surface area contributed by atoms with Crippen LogP contribution >= 0.6 is 0 Å². The summed E-state index contributed by atoms with van der Waals surface area (Å²) in [5.74, 6) is 0.937. The van der Waals surface area contributed by atoms with E-state index in [0.717, 1.165) is 19.1 Å². The van der Waals surface area contributed by atoms with Crippen LogP contribution in [-0.2, 0) is 9.59 Å². The highest BCUT2D eigenvalue weighted by Crippen LogP contribution is 2.29. The number of hydrogen-bond donors (Lipinski definition) is 0. The van der Waals surface area contributed by atoms with Gasteiger partial charge in [-0.3, -0.25) is 4.79 Å². The molecule has 1 fully saturated rings. The smallest absolute Gasteiger partial charge is 0.136 e. The van der Waals surface area contributed by atoms with Crippen molar-refractivity contribution in [2.24, 2.45) is 17.8 Å².